The van der Waals surface area contributed by atoms with Crippen LogP contribution in [0.2, 0.25) is 0 Å². The van der Waals surface area contributed by atoms with E-state index in [-0.39, 0.29) is 17.9 Å². The number of aliphatic hydroxyl groups is 1. The molecule has 18 heavy (non-hydrogen) atoms. The Morgan fingerprint density at radius 3 is 2.33 bits per heavy atom. The molecule has 4 unspecified atom stereocenters. The molecule has 0 aromatic heterocycles. The molecule has 0 spiro atoms. The molecule has 0 aromatic carbocycles. The predicted molar refractivity (Wildman–Crippen MR) is 63.3 cm³/mol. The van der Waals surface area contributed by atoms with Gasteiger partial charge < -0.3 is 19.3 Å². The van der Waals surface area contributed by atoms with Crippen LogP contribution in [0.3, 0.4) is 0 Å². The Morgan fingerprint density at radius 1 is 1.06 bits per heavy atom. The van der Waals surface area contributed by atoms with E-state index in [9.17, 15) is 5.11 Å². The molecule has 4 aliphatic rings. The Labute approximate surface area is 108 Å². The van der Waals surface area contributed by atoms with Crippen LogP contribution >= 0.6 is 0 Å². The third kappa shape index (κ3) is 1.12. The number of rotatable bonds is 1. The van der Waals surface area contributed by atoms with Crippen molar-refractivity contribution in [3.05, 3.63) is 0 Å². The summed E-state index contributed by atoms with van der Waals surface area (Å²) in [6, 6.07) is 0. The van der Waals surface area contributed by atoms with Crippen molar-refractivity contribution in [3.8, 4) is 0 Å². The van der Waals surface area contributed by atoms with Crippen LogP contribution < -0.4 is 0 Å². The lowest BCUT2D eigenvalue weighted by molar-refractivity contribution is -0.329. The van der Waals surface area contributed by atoms with Crippen LogP contribution in [0.25, 0.3) is 0 Å². The summed E-state index contributed by atoms with van der Waals surface area (Å²) >= 11 is 0. The topological polar surface area (TPSA) is 47.9 Å². The summed E-state index contributed by atoms with van der Waals surface area (Å²) in [5.74, 6) is 0.698. The molecule has 4 nitrogen and oxygen atoms in total. The van der Waals surface area contributed by atoms with Gasteiger partial charge in [-0.25, -0.2) is 0 Å². The molecule has 1 N–H and O–H groups in total. The number of aliphatic hydroxyl groups excluding tert-OH is 1. The molecule has 0 bridgehead atoms. The van der Waals surface area contributed by atoms with Crippen molar-refractivity contribution in [1.29, 1.82) is 0 Å². The maximum atomic E-state index is 10.1. The quantitative estimate of drug-likeness (QED) is 0.774. The van der Waals surface area contributed by atoms with Crippen LogP contribution in [0.4, 0.5) is 0 Å². The molecular weight excluding hydrogens is 232 g/mol. The predicted octanol–water partition coefficient (Wildman–Crippen LogP) is 1.72. The van der Waals surface area contributed by atoms with E-state index in [1.807, 2.05) is 6.92 Å². The second kappa shape index (κ2) is 3.11. The van der Waals surface area contributed by atoms with Gasteiger partial charge in [-0.05, 0) is 32.1 Å². The van der Waals surface area contributed by atoms with Gasteiger partial charge in [-0.1, -0.05) is 13.8 Å². The Bertz CT molecular complexity index is 397. The minimum absolute atomic E-state index is 0.219. The summed E-state index contributed by atoms with van der Waals surface area (Å²) in [6.07, 6.45) is 0.596. The molecular formula is C14H22O4. The van der Waals surface area contributed by atoms with Crippen LogP contribution in [0.1, 0.15) is 34.1 Å². The molecule has 0 radical (unpaired) electrons. The zero-order valence-corrected chi connectivity index (χ0v) is 11.4. The van der Waals surface area contributed by atoms with Crippen molar-refractivity contribution in [2.75, 3.05) is 0 Å². The average molecular weight is 254 g/mol. The highest BCUT2D eigenvalue weighted by molar-refractivity contribution is 5.15. The standard InChI is InChI=1S/C14H22O4/c1-6(2)11-7-5-8-10-9(7)13(3,16-11)18-14(10,4)17-12(8)15/h6-12,15H,5H2,1-4H3/t7?,8?,9?,10?,11-,12-,13+,14-/m1/s1. The third-order valence-corrected chi connectivity index (χ3v) is 5.64. The van der Waals surface area contributed by atoms with Gasteiger partial charge in [0.15, 0.2) is 17.9 Å². The van der Waals surface area contributed by atoms with Crippen molar-refractivity contribution >= 4 is 0 Å². The van der Waals surface area contributed by atoms with Crippen LogP contribution in [0.5, 0.6) is 0 Å². The number of hydrogen-bond acceptors (Lipinski definition) is 4. The summed E-state index contributed by atoms with van der Waals surface area (Å²) < 4.78 is 18.0. The van der Waals surface area contributed by atoms with Crippen LogP contribution in [0, 0.1) is 29.6 Å². The normalized spacial score (nSPS) is 65.0. The molecule has 3 saturated heterocycles. The monoisotopic (exact) mass is 254 g/mol. The van der Waals surface area contributed by atoms with Crippen LogP contribution in [-0.2, 0) is 14.2 Å². The van der Waals surface area contributed by atoms with E-state index in [2.05, 4.69) is 20.8 Å². The van der Waals surface area contributed by atoms with Gasteiger partial charge in [-0.15, -0.1) is 0 Å². The Kier molecular flexibility index (Phi) is 2.01. The van der Waals surface area contributed by atoms with Gasteiger partial charge in [0.05, 0.1) is 6.10 Å². The first kappa shape index (κ1) is 11.6. The zero-order valence-electron chi connectivity index (χ0n) is 11.4. The van der Waals surface area contributed by atoms with E-state index >= 15 is 0 Å². The molecule has 8 atom stereocenters. The highest BCUT2D eigenvalue weighted by Gasteiger charge is 2.76. The molecule has 0 amide bonds. The van der Waals surface area contributed by atoms with Crippen LogP contribution in [0.15, 0.2) is 0 Å². The Morgan fingerprint density at radius 2 is 1.67 bits per heavy atom. The maximum absolute atomic E-state index is 10.1. The number of ether oxygens (including phenoxy) is 3. The summed E-state index contributed by atoms with van der Waals surface area (Å²) in [5.41, 5.74) is 0. The van der Waals surface area contributed by atoms with Crippen molar-refractivity contribution in [3.63, 3.8) is 0 Å². The van der Waals surface area contributed by atoms with Crippen molar-refractivity contribution in [2.24, 2.45) is 29.6 Å². The van der Waals surface area contributed by atoms with Gasteiger partial charge in [-0.3, -0.25) is 0 Å². The molecule has 102 valence electrons. The molecule has 1 saturated carbocycles. The van der Waals surface area contributed by atoms with Crippen LogP contribution in [-0.4, -0.2) is 29.1 Å². The minimum atomic E-state index is -0.664. The van der Waals surface area contributed by atoms with Gasteiger partial charge in [0.25, 0.3) is 0 Å². The first-order chi connectivity index (χ1) is 8.36. The summed E-state index contributed by atoms with van der Waals surface area (Å²) in [4.78, 5) is 0. The fourth-order valence-corrected chi connectivity index (χ4v) is 5.26. The van der Waals surface area contributed by atoms with E-state index in [1.165, 1.54) is 0 Å². The zero-order chi connectivity index (χ0) is 12.9. The van der Waals surface area contributed by atoms with Crippen molar-refractivity contribution in [1.82, 2.24) is 0 Å². The third-order valence-electron chi connectivity index (χ3n) is 5.64. The molecule has 4 heteroatoms. The van der Waals surface area contributed by atoms with Gasteiger partial charge in [0.1, 0.15) is 0 Å². The lowest BCUT2D eigenvalue weighted by Gasteiger charge is -2.31. The van der Waals surface area contributed by atoms with E-state index in [4.69, 9.17) is 14.2 Å². The summed E-state index contributed by atoms with van der Waals surface area (Å²) in [5, 5.41) is 10.1. The number of hydrogen-bond donors (Lipinski definition) is 1. The fraction of sp³-hybridized carbons (Fsp3) is 1.00. The maximum Gasteiger partial charge on any atom is 0.175 e. The Balaban J connectivity index is 1.77. The lowest BCUT2D eigenvalue weighted by atomic mass is 9.80. The van der Waals surface area contributed by atoms with Gasteiger partial charge >= 0.3 is 0 Å². The first-order valence-corrected chi connectivity index (χ1v) is 7.09. The highest BCUT2D eigenvalue weighted by atomic mass is 16.8. The second-order valence-corrected chi connectivity index (χ2v) is 7.08. The van der Waals surface area contributed by atoms with Gasteiger partial charge in [-0.2, -0.15) is 0 Å². The SMILES string of the molecule is CC(C)[C@H]1O[C@@]2(C)O[C@@]3(C)O[C@@H](O)C4CC1C2C43. The van der Waals surface area contributed by atoms with Gasteiger partial charge in [0.2, 0.25) is 0 Å². The first-order valence-electron chi connectivity index (χ1n) is 7.09. The molecule has 3 heterocycles. The lowest BCUT2D eigenvalue weighted by Crippen LogP contribution is -2.37. The molecule has 4 rings (SSSR count). The minimum Gasteiger partial charge on any atom is -0.368 e. The van der Waals surface area contributed by atoms with Crippen molar-refractivity contribution < 1.29 is 19.3 Å². The average Bonchev–Trinajstić information content (AvgIpc) is 2.85. The summed E-state index contributed by atoms with van der Waals surface area (Å²) in [6.45, 7) is 8.42. The molecule has 1 aliphatic carbocycles. The molecule has 0 aromatic rings. The second-order valence-electron chi connectivity index (χ2n) is 7.08. The molecule has 3 aliphatic heterocycles. The van der Waals surface area contributed by atoms with E-state index in [0.717, 1.165) is 6.42 Å². The summed E-state index contributed by atoms with van der Waals surface area (Å²) in [7, 11) is 0. The van der Waals surface area contributed by atoms with E-state index in [1.54, 1.807) is 0 Å². The fourth-order valence-electron chi connectivity index (χ4n) is 5.26. The van der Waals surface area contributed by atoms with Gasteiger partial charge in [0, 0.05) is 17.8 Å². The van der Waals surface area contributed by atoms with E-state index in [0.29, 0.717) is 17.8 Å². The largest absolute Gasteiger partial charge is 0.368 e. The van der Waals surface area contributed by atoms with E-state index < -0.39 is 17.9 Å². The Hall–Kier alpha value is -0.160. The smallest absolute Gasteiger partial charge is 0.175 e. The van der Waals surface area contributed by atoms with Crippen molar-refractivity contribution in [2.45, 2.75) is 58.1 Å². The molecule has 4 fully saturated rings. The highest BCUT2D eigenvalue weighted by Crippen LogP contribution is 2.69.